The van der Waals surface area contributed by atoms with E-state index >= 15 is 0 Å². The fourth-order valence-electron chi connectivity index (χ4n) is 4.46. The van der Waals surface area contributed by atoms with Crippen molar-refractivity contribution in [1.82, 2.24) is 9.13 Å². The van der Waals surface area contributed by atoms with Crippen LogP contribution in [0.2, 0.25) is 5.02 Å². The first-order valence-electron chi connectivity index (χ1n) is 11.7. The number of aliphatic hydroxyl groups is 1. The maximum Gasteiger partial charge on any atom is 0.332 e. The number of nitrogens with zero attached hydrogens (tertiary/aromatic N) is 4. The van der Waals surface area contributed by atoms with Gasteiger partial charge in [-0.3, -0.25) is 13.9 Å². The molecule has 2 heterocycles. The first-order chi connectivity index (χ1) is 17.3. The van der Waals surface area contributed by atoms with E-state index in [1.54, 1.807) is 19.2 Å². The van der Waals surface area contributed by atoms with Crippen LogP contribution in [0.5, 0.6) is 0 Å². The maximum absolute atomic E-state index is 13.7. The summed E-state index contributed by atoms with van der Waals surface area (Å²) < 4.78 is 14.3. The molecule has 10 heteroatoms. The first-order valence-corrected chi connectivity index (χ1v) is 12.1. The standard InChI is InChI=1S/C26H31ClN4O5/c1-18-5-4-6-20(15-18)17-36-26-29(3)23-22(31(26)16-19-7-9-21(27)10-8-19)24(33)30(25(34)28(23)2)11-13-35-14-12-32/h4-10,15,26,32H,11-14,16-17H2,1-3H3. The van der Waals surface area contributed by atoms with Gasteiger partial charge in [0.05, 0.1) is 33.0 Å². The second-order valence-electron chi connectivity index (χ2n) is 8.80. The third-order valence-corrected chi connectivity index (χ3v) is 6.41. The lowest BCUT2D eigenvalue weighted by atomic mass is 10.1. The molecule has 192 valence electrons. The summed E-state index contributed by atoms with van der Waals surface area (Å²) in [5, 5.41) is 9.57. The van der Waals surface area contributed by atoms with Crippen LogP contribution in [-0.4, -0.2) is 47.5 Å². The van der Waals surface area contributed by atoms with Crippen molar-refractivity contribution in [3.63, 3.8) is 0 Å². The maximum atomic E-state index is 13.7. The van der Waals surface area contributed by atoms with E-state index in [9.17, 15) is 9.59 Å². The van der Waals surface area contributed by atoms with E-state index in [0.717, 1.165) is 16.7 Å². The molecule has 0 spiro atoms. The zero-order valence-corrected chi connectivity index (χ0v) is 21.4. The van der Waals surface area contributed by atoms with E-state index in [4.69, 9.17) is 26.2 Å². The van der Waals surface area contributed by atoms with Gasteiger partial charge in [0.2, 0.25) is 6.35 Å². The molecule has 1 aromatic heterocycles. The molecule has 0 amide bonds. The van der Waals surface area contributed by atoms with Gasteiger partial charge >= 0.3 is 5.69 Å². The number of halogens is 1. The van der Waals surface area contributed by atoms with Crippen LogP contribution in [0.4, 0.5) is 11.5 Å². The molecule has 9 nitrogen and oxygen atoms in total. The summed E-state index contributed by atoms with van der Waals surface area (Å²) in [7, 11) is 3.46. The predicted octanol–water partition coefficient (Wildman–Crippen LogP) is 2.47. The molecule has 1 atom stereocenters. The van der Waals surface area contributed by atoms with Crippen molar-refractivity contribution in [3.8, 4) is 0 Å². The molecule has 1 N–H and O–H groups in total. The number of hydrogen-bond donors (Lipinski definition) is 1. The number of aromatic nitrogens is 2. The lowest BCUT2D eigenvalue weighted by molar-refractivity contribution is 0.0425. The van der Waals surface area contributed by atoms with Gasteiger partial charge in [0.15, 0.2) is 0 Å². The van der Waals surface area contributed by atoms with E-state index in [-0.39, 0.29) is 26.4 Å². The van der Waals surface area contributed by atoms with Crippen LogP contribution in [0.25, 0.3) is 0 Å². The molecular formula is C26H31ClN4O5. The van der Waals surface area contributed by atoms with Crippen LogP contribution in [0.3, 0.4) is 0 Å². The molecule has 1 aliphatic heterocycles. The molecule has 3 aromatic rings. The second-order valence-corrected chi connectivity index (χ2v) is 9.23. The molecule has 0 saturated heterocycles. The number of aryl methyl sites for hydroxylation is 1. The van der Waals surface area contributed by atoms with Crippen molar-refractivity contribution in [2.75, 3.05) is 36.7 Å². The zero-order valence-electron chi connectivity index (χ0n) is 20.7. The monoisotopic (exact) mass is 514 g/mol. The summed E-state index contributed by atoms with van der Waals surface area (Å²) in [6, 6.07) is 15.5. The Labute approximate surface area is 214 Å². The Morgan fingerprint density at radius 3 is 2.47 bits per heavy atom. The van der Waals surface area contributed by atoms with Gasteiger partial charge in [0, 0.05) is 25.7 Å². The first kappa shape index (κ1) is 26.0. The molecule has 0 saturated carbocycles. The largest absolute Gasteiger partial charge is 0.394 e. The van der Waals surface area contributed by atoms with E-state index in [1.807, 2.05) is 54.1 Å². The number of rotatable bonds is 10. The Balaban J connectivity index is 1.73. The molecule has 36 heavy (non-hydrogen) atoms. The molecular weight excluding hydrogens is 484 g/mol. The van der Waals surface area contributed by atoms with Gasteiger partial charge in [-0.25, -0.2) is 4.79 Å². The third kappa shape index (κ3) is 5.34. The number of anilines is 2. The summed E-state index contributed by atoms with van der Waals surface area (Å²) in [4.78, 5) is 30.5. The van der Waals surface area contributed by atoms with Gasteiger partial charge in [0.1, 0.15) is 11.5 Å². The molecule has 0 bridgehead atoms. The number of aliphatic hydroxyl groups excluding tert-OH is 1. The minimum Gasteiger partial charge on any atom is -0.394 e. The predicted molar refractivity (Wildman–Crippen MR) is 140 cm³/mol. The van der Waals surface area contributed by atoms with Crippen LogP contribution in [-0.2, 0) is 36.2 Å². The smallest absolute Gasteiger partial charge is 0.332 e. The van der Waals surface area contributed by atoms with Crippen molar-refractivity contribution in [2.45, 2.75) is 33.0 Å². The summed E-state index contributed by atoms with van der Waals surface area (Å²) in [6.45, 7) is 2.95. The van der Waals surface area contributed by atoms with Gasteiger partial charge in [-0.2, -0.15) is 0 Å². The van der Waals surface area contributed by atoms with Gasteiger partial charge in [-0.15, -0.1) is 0 Å². The number of fused-ring (bicyclic) bond motifs is 1. The molecule has 4 rings (SSSR count). The number of hydrogen-bond acceptors (Lipinski definition) is 7. The Kier molecular flexibility index (Phi) is 8.15. The van der Waals surface area contributed by atoms with Crippen LogP contribution in [0.1, 0.15) is 16.7 Å². The molecule has 0 aliphatic carbocycles. The average molecular weight is 515 g/mol. The topological polar surface area (TPSA) is 89.2 Å². The van der Waals surface area contributed by atoms with Gasteiger partial charge in [-0.05, 0) is 30.2 Å². The molecule has 1 aliphatic rings. The van der Waals surface area contributed by atoms with E-state index in [2.05, 4.69) is 6.07 Å². The normalized spacial score (nSPS) is 15.0. The minimum absolute atomic E-state index is 0.0755. The minimum atomic E-state index is -0.615. The highest BCUT2D eigenvalue weighted by Gasteiger charge is 2.40. The lowest BCUT2D eigenvalue weighted by Gasteiger charge is -2.30. The van der Waals surface area contributed by atoms with Gasteiger partial charge < -0.3 is 24.4 Å². The highest BCUT2D eigenvalue weighted by Crippen LogP contribution is 2.36. The Morgan fingerprint density at radius 2 is 1.78 bits per heavy atom. The second kappa shape index (κ2) is 11.3. The fraction of sp³-hybridized carbons (Fsp3) is 0.385. The lowest BCUT2D eigenvalue weighted by Crippen LogP contribution is -2.44. The van der Waals surface area contributed by atoms with Gasteiger partial charge in [-0.1, -0.05) is 53.6 Å². The summed E-state index contributed by atoms with van der Waals surface area (Å²) in [5.74, 6) is 0.487. The van der Waals surface area contributed by atoms with Crippen LogP contribution < -0.4 is 21.0 Å². The van der Waals surface area contributed by atoms with E-state index < -0.39 is 17.6 Å². The number of ether oxygens (including phenoxy) is 2. The van der Waals surface area contributed by atoms with Crippen LogP contribution in [0, 0.1) is 6.92 Å². The molecule has 0 fully saturated rings. The third-order valence-electron chi connectivity index (χ3n) is 6.16. The van der Waals surface area contributed by atoms with Crippen LogP contribution in [0.15, 0.2) is 58.1 Å². The molecule has 0 radical (unpaired) electrons. The van der Waals surface area contributed by atoms with Crippen molar-refractivity contribution in [3.05, 3.63) is 91.1 Å². The van der Waals surface area contributed by atoms with Gasteiger partial charge in [0.25, 0.3) is 5.56 Å². The quantitative estimate of drug-likeness (QED) is 0.416. The Hall–Kier alpha value is -3.11. The SMILES string of the molecule is Cc1cccc(COC2N(C)c3c(c(=O)n(CCOCCO)c(=O)n3C)N2Cc2ccc(Cl)cc2)c1. The Morgan fingerprint density at radius 1 is 1.03 bits per heavy atom. The number of benzene rings is 2. The Bertz CT molecular complexity index is 1320. The summed E-state index contributed by atoms with van der Waals surface area (Å²) in [5.41, 5.74) is 2.61. The fourth-order valence-corrected chi connectivity index (χ4v) is 4.58. The summed E-state index contributed by atoms with van der Waals surface area (Å²) >= 11 is 6.08. The molecule has 2 aromatic carbocycles. The van der Waals surface area contributed by atoms with Crippen molar-refractivity contribution < 1.29 is 14.6 Å². The van der Waals surface area contributed by atoms with E-state index in [1.165, 1.54) is 9.13 Å². The highest BCUT2D eigenvalue weighted by atomic mass is 35.5. The zero-order chi connectivity index (χ0) is 25.8. The summed E-state index contributed by atoms with van der Waals surface area (Å²) in [6.07, 6.45) is -0.615. The molecule has 1 unspecified atom stereocenters. The van der Waals surface area contributed by atoms with Crippen LogP contribution >= 0.6 is 11.6 Å². The van der Waals surface area contributed by atoms with E-state index in [0.29, 0.717) is 29.7 Å². The van der Waals surface area contributed by atoms with Crippen molar-refractivity contribution in [1.29, 1.82) is 0 Å². The van der Waals surface area contributed by atoms with Crippen molar-refractivity contribution in [2.24, 2.45) is 7.05 Å². The highest BCUT2D eigenvalue weighted by molar-refractivity contribution is 6.30. The average Bonchev–Trinajstić information content (AvgIpc) is 3.13. The van der Waals surface area contributed by atoms with Crippen molar-refractivity contribution >= 4 is 23.1 Å².